The summed E-state index contributed by atoms with van der Waals surface area (Å²) in [7, 11) is -1.42. The maximum atomic E-state index is 5.99. The molecule has 0 saturated carbocycles. The molecule has 4 heteroatoms. The fourth-order valence-corrected chi connectivity index (χ4v) is 2.88. The van der Waals surface area contributed by atoms with E-state index in [-0.39, 0.29) is 11.7 Å². The van der Waals surface area contributed by atoms with Crippen molar-refractivity contribution in [2.24, 2.45) is 0 Å². The van der Waals surface area contributed by atoms with Crippen LogP contribution in [0, 0.1) is 0 Å². The second-order valence-corrected chi connectivity index (χ2v) is 10.8. The SMILES string of the molecule is CC(C)(C)OC[C@@H](CI)O[Si](C)(C)C. The van der Waals surface area contributed by atoms with Crippen molar-refractivity contribution in [2.75, 3.05) is 11.0 Å². The lowest BCUT2D eigenvalue weighted by atomic mass is 10.2. The Balaban J connectivity index is 3.93. The Morgan fingerprint density at radius 3 is 2.00 bits per heavy atom. The van der Waals surface area contributed by atoms with E-state index >= 15 is 0 Å². The third-order valence-corrected chi connectivity index (χ3v) is 3.42. The van der Waals surface area contributed by atoms with Crippen molar-refractivity contribution >= 4 is 30.9 Å². The zero-order valence-electron chi connectivity index (χ0n) is 10.2. The normalized spacial score (nSPS) is 15.6. The molecule has 0 fully saturated rings. The number of hydrogen-bond acceptors (Lipinski definition) is 2. The van der Waals surface area contributed by atoms with Gasteiger partial charge in [-0.2, -0.15) is 0 Å². The first-order valence-electron chi connectivity index (χ1n) is 5.02. The summed E-state index contributed by atoms with van der Waals surface area (Å²) >= 11 is 2.36. The minimum atomic E-state index is -1.42. The minimum Gasteiger partial charge on any atom is -0.412 e. The lowest BCUT2D eigenvalue weighted by Crippen LogP contribution is -2.37. The van der Waals surface area contributed by atoms with Crippen LogP contribution in [0.15, 0.2) is 0 Å². The van der Waals surface area contributed by atoms with Crippen LogP contribution in [0.5, 0.6) is 0 Å². The molecule has 0 aromatic rings. The first kappa shape index (κ1) is 14.9. The number of ether oxygens (including phenoxy) is 1. The Morgan fingerprint density at radius 1 is 1.21 bits per heavy atom. The lowest BCUT2D eigenvalue weighted by Gasteiger charge is -2.28. The molecule has 0 aliphatic carbocycles. The molecular weight excluding hydrogens is 307 g/mol. The standard InChI is InChI=1S/C10H23IO2Si/c1-10(2,3)12-8-9(7-11)13-14(4,5)6/h9H,7-8H2,1-6H3/t9-/m1/s1. The van der Waals surface area contributed by atoms with E-state index in [2.05, 4.69) is 63.0 Å². The Bertz CT molecular complexity index is 160. The van der Waals surface area contributed by atoms with Gasteiger partial charge in [0, 0.05) is 4.43 Å². The van der Waals surface area contributed by atoms with Gasteiger partial charge in [0.25, 0.3) is 0 Å². The summed E-state index contributed by atoms with van der Waals surface area (Å²) in [5.74, 6) is 0. The van der Waals surface area contributed by atoms with Crippen LogP contribution in [0.4, 0.5) is 0 Å². The number of alkyl halides is 1. The third-order valence-electron chi connectivity index (χ3n) is 1.39. The Labute approximate surface area is 103 Å². The van der Waals surface area contributed by atoms with Crippen molar-refractivity contribution in [3.05, 3.63) is 0 Å². The van der Waals surface area contributed by atoms with Gasteiger partial charge in [-0.25, -0.2) is 0 Å². The second-order valence-electron chi connectivity index (χ2n) is 5.43. The molecule has 0 rings (SSSR count). The largest absolute Gasteiger partial charge is 0.412 e. The van der Waals surface area contributed by atoms with Gasteiger partial charge in [-0.15, -0.1) is 0 Å². The molecule has 0 aromatic carbocycles. The number of hydrogen-bond donors (Lipinski definition) is 0. The summed E-state index contributed by atoms with van der Waals surface area (Å²) in [5, 5.41) is 0. The van der Waals surface area contributed by atoms with E-state index in [0.29, 0.717) is 6.61 Å². The summed E-state index contributed by atoms with van der Waals surface area (Å²) in [6, 6.07) is 0. The van der Waals surface area contributed by atoms with E-state index in [0.717, 1.165) is 4.43 Å². The number of halogens is 1. The van der Waals surface area contributed by atoms with Crippen LogP contribution < -0.4 is 0 Å². The molecule has 86 valence electrons. The van der Waals surface area contributed by atoms with Gasteiger partial charge >= 0.3 is 0 Å². The van der Waals surface area contributed by atoms with Crippen molar-refractivity contribution < 1.29 is 9.16 Å². The Kier molecular flexibility index (Phi) is 6.18. The number of rotatable bonds is 5. The summed E-state index contributed by atoms with van der Waals surface area (Å²) < 4.78 is 12.7. The molecule has 0 spiro atoms. The lowest BCUT2D eigenvalue weighted by molar-refractivity contribution is -0.0374. The first-order valence-corrected chi connectivity index (χ1v) is 9.95. The zero-order valence-corrected chi connectivity index (χ0v) is 13.3. The zero-order chi connectivity index (χ0) is 11.4. The molecule has 0 heterocycles. The third kappa shape index (κ3) is 9.42. The van der Waals surface area contributed by atoms with E-state index in [4.69, 9.17) is 9.16 Å². The molecule has 0 saturated heterocycles. The average molecular weight is 330 g/mol. The molecule has 2 nitrogen and oxygen atoms in total. The van der Waals surface area contributed by atoms with Crippen LogP contribution in [-0.2, 0) is 9.16 Å². The van der Waals surface area contributed by atoms with Crippen LogP contribution in [-0.4, -0.2) is 31.1 Å². The smallest absolute Gasteiger partial charge is 0.184 e. The van der Waals surface area contributed by atoms with Gasteiger partial charge in [0.1, 0.15) is 0 Å². The van der Waals surface area contributed by atoms with E-state index < -0.39 is 8.32 Å². The van der Waals surface area contributed by atoms with E-state index in [9.17, 15) is 0 Å². The quantitative estimate of drug-likeness (QED) is 0.437. The fourth-order valence-electron chi connectivity index (χ4n) is 0.953. The van der Waals surface area contributed by atoms with Gasteiger partial charge in [0.05, 0.1) is 18.3 Å². The van der Waals surface area contributed by atoms with Crippen molar-refractivity contribution in [3.8, 4) is 0 Å². The summed E-state index contributed by atoms with van der Waals surface area (Å²) in [5.41, 5.74) is -0.0626. The molecule has 0 aliphatic rings. The van der Waals surface area contributed by atoms with Crippen LogP contribution in [0.3, 0.4) is 0 Å². The Hall–Kier alpha value is 0.867. The van der Waals surface area contributed by atoms with Crippen LogP contribution in [0.1, 0.15) is 20.8 Å². The van der Waals surface area contributed by atoms with Crippen molar-refractivity contribution in [2.45, 2.75) is 52.1 Å². The summed E-state index contributed by atoms with van der Waals surface area (Å²) in [4.78, 5) is 0. The molecular formula is C10H23IO2Si. The van der Waals surface area contributed by atoms with Gasteiger partial charge in [-0.3, -0.25) is 0 Å². The molecule has 14 heavy (non-hydrogen) atoms. The maximum Gasteiger partial charge on any atom is 0.184 e. The van der Waals surface area contributed by atoms with Gasteiger partial charge in [0.2, 0.25) is 0 Å². The van der Waals surface area contributed by atoms with Crippen LogP contribution in [0.25, 0.3) is 0 Å². The first-order chi connectivity index (χ1) is 6.14. The minimum absolute atomic E-state index is 0.0626. The Morgan fingerprint density at radius 2 is 1.71 bits per heavy atom. The predicted octanol–water partition coefficient (Wildman–Crippen LogP) is 3.46. The highest BCUT2D eigenvalue weighted by Crippen LogP contribution is 2.13. The van der Waals surface area contributed by atoms with E-state index in [1.54, 1.807) is 0 Å². The highest BCUT2D eigenvalue weighted by molar-refractivity contribution is 14.1. The van der Waals surface area contributed by atoms with E-state index in [1.807, 2.05) is 0 Å². The average Bonchev–Trinajstić information content (AvgIpc) is 1.94. The molecule has 0 radical (unpaired) electrons. The van der Waals surface area contributed by atoms with Crippen molar-refractivity contribution in [3.63, 3.8) is 0 Å². The molecule has 0 aromatic heterocycles. The van der Waals surface area contributed by atoms with Crippen molar-refractivity contribution in [1.29, 1.82) is 0 Å². The van der Waals surface area contributed by atoms with Crippen molar-refractivity contribution in [1.82, 2.24) is 0 Å². The summed E-state index contributed by atoms with van der Waals surface area (Å²) in [6.45, 7) is 13.6. The van der Waals surface area contributed by atoms with Gasteiger partial charge < -0.3 is 9.16 Å². The molecule has 0 amide bonds. The maximum absolute atomic E-state index is 5.99. The second kappa shape index (κ2) is 5.82. The monoisotopic (exact) mass is 330 g/mol. The summed E-state index contributed by atoms with van der Waals surface area (Å²) in [6.07, 6.45) is 0.251. The van der Waals surface area contributed by atoms with Crippen LogP contribution in [0.2, 0.25) is 19.6 Å². The predicted molar refractivity (Wildman–Crippen MR) is 72.8 cm³/mol. The van der Waals surface area contributed by atoms with Gasteiger partial charge in [-0.05, 0) is 40.4 Å². The fraction of sp³-hybridized carbons (Fsp3) is 1.00. The van der Waals surface area contributed by atoms with Gasteiger partial charge in [-0.1, -0.05) is 22.6 Å². The highest BCUT2D eigenvalue weighted by Gasteiger charge is 2.22. The highest BCUT2D eigenvalue weighted by atomic mass is 127. The molecule has 0 N–H and O–H groups in total. The molecule has 1 atom stereocenters. The van der Waals surface area contributed by atoms with E-state index in [1.165, 1.54) is 0 Å². The molecule has 0 bridgehead atoms. The topological polar surface area (TPSA) is 18.5 Å². The van der Waals surface area contributed by atoms with Gasteiger partial charge in [0.15, 0.2) is 8.32 Å². The van der Waals surface area contributed by atoms with Crippen LogP contribution >= 0.6 is 22.6 Å². The molecule has 0 aliphatic heterocycles. The molecule has 0 unspecified atom stereocenters.